The van der Waals surface area contributed by atoms with Crippen molar-refractivity contribution in [3.63, 3.8) is 0 Å². The Bertz CT molecular complexity index is 424. The summed E-state index contributed by atoms with van der Waals surface area (Å²) in [6.45, 7) is 0. The molecule has 1 aliphatic carbocycles. The van der Waals surface area contributed by atoms with E-state index < -0.39 is 6.10 Å². The number of nitrogens with zero attached hydrogens (tertiary/aromatic N) is 1. The van der Waals surface area contributed by atoms with Gasteiger partial charge in [0, 0.05) is 25.9 Å². The quantitative estimate of drug-likeness (QED) is 0.845. The molecular formula is C15H22N2O3. The number of carbonyl (C=O) groups excluding carboxylic acids is 1. The molecule has 0 saturated heterocycles. The van der Waals surface area contributed by atoms with Crippen molar-refractivity contribution in [1.29, 1.82) is 0 Å². The summed E-state index contributed by atoms with van der Waals surface area (Å²) in [5.41, 5.74) is 1.04. The van der Waals surface area contributed by atoms with E-state index in [-0.39, 0.29) is 18.1 Å². The van der Waals surface area contributed by atoms with Crippen LogP contribution in [0.4, 0.5) is 0 Å². The number of nitrogens with one attached hydrogen (secondary N) is 1. The van der Waals surface area contributed by atoms with Crippen LogP contribution in [0.15, 0.2) is 24.5 Å². The van der Waals surface area contributed by atoms with E-state index in [1.54, 1.807) is 19.5 Å². The Morgan fingerprint density at radius 1 is 1.55 bits per heavy atom. The second kappa shape index (κ2) is 7.36. The van der Waals surface area contributed by atoms with Gasteiger partial charge in [0.15, 0.2) is 0 Å². The number of rotatable bonds is 5. The molecule has 1 aromatic rings. The number of aliphatic hydroxyl groups excluding tert-OH is 1. The van der Waals surface area contributed by atoms with Crippen LogP contribution in [0.5, 0.6) is 0 Å². The van der Waals surface area contributed by atoms with Crippen LogP contribution in [0.3, 0.4) is 0 Å². The van der Waals surface area contributed by atoms with Crippen molar-refractivity contribution in [3.05, 3.63) is 30.1 Å². The Morgan fingerprint density at radius 2 is 2.40 bits per heavy atom. The van der Waals surface area contributed by atoms with E-state index in [1.807, 2.05) is 12.1 Å². The maximum atomic E-state index is 11.9. The minimum absolute atomic E-state index is 0.0327. The molecule has 1 aromatic heterocycles. The molecular weight excluding hydrogens is 256 g/mol. The van der Waals surface area contributed by atoms with Gasteiger partial charge in [-0.05, 0) is 37.3 Å². The van der Waals surface area contributed by atoms with Crippen molar-refractivity contribution in [2.75, 3.05) is 7.11 Å². The van der Waals surface area contributed by atoms with Gasteiger partial charge in [-0.1, -0.05) is 6.07 Å². The summed E-state index contributed by atoms with van der Waals surface area (Å²) in [4.78, 5) is 16.0. The van der Waals surface area contributed by atoms with Crippen molar-refractivity contribution in [1.82, 2.24) is 10.3 Å². The summed E-state index contributed by atoms with van der Waals surface area (Å²) in [6.07, 6.45) is 6.38. The summed E-state index contributed by atoms with van der Waals surface area (Å²) in [6, 6.07) is 3.62. The number of aliphatic hydroxyl groups is 1. The molecule has 1 heterocycles. The van der Waals surface area contributed by atoms with Crippen LogP contribution in [0.25, 0.3) is 0 Å². The van der Waals surface area contributed by atoms with Crippen LogP contribution in [-0.2, 0) is 16.0 Å². The molecule has 0 spiro atoms. The minimum atomic E-state index is -0.615. The minimum Gasteiger partial charge on any atom is -0.388 e. The van der Waals surface area contributed by atoms with Gasteiger partial charge in [0.05, 0.1) is 12.1 Å². The first-order valence-electron chi connectivity index (χ1n) is 7.10. The van der Waals surface area contributed by atoms with Crippen LogP contribution in [0, 0.1) is 0 Å². The average Bonchev–Trinajstić information content (AvgIpc) is 2.48. The standard InChI is InChI=1S/C15H22N2O3/c1-20-13-6-2-5-12(15(13)19)17-14(18)8-7-11-4-3-9-16-10-11/h3-4,9-10,12-13,15,19H,2,5-8H2,1H3,(H,17,18)/t12-,13-,15-/m1/s1. The fraction of sp³-hybridized carbons (Fsp3) is 0.600. The fourth-order valence-corrected chi connectivity index (χ4v) is 2.64. The average molecular weight is 278 g/mol. The van der Waals surface area contributed by atoms with Crippen LogP contribution in [-0.4, -0.2) is 41.4 Å². The Hall–Kier alpha value is -1.46. The van der Waals surface area contributed by atoms with Gasteiger partial charge < -0.3 is 15.2 Å². The largest absolute Gasteiger partial charge is 0.388 e. The van der Waals surface area contributed by atoms with Crippen molar-refractivity contribution in [2.24, 2.45) is 0 Å². The fourth-order valence-electron chi connectivity index (χ4n) is 2.64. The van der Waals surface area contributed by atoms with E-state index in [0.29, 0.717) is 12.8 Å². The third kappa shape index (κ3) is 4.02. The van der Waals surface area contributed by atoms with Crippen LogP contribution in [0.2, 0.25) is 0 Å². The number of amides is 1. The molecule has 3 atom stereocenters. The smallest absolute Gasteiger partial charge is 0.220 e. The highest BCUT2D eigenvalue weighted by molar-refractivity contribution is 5.76. The highest BCUT2D eigenvalue weighted by Crippen LogP contribution is 2.21. The van der Waals surface area contributed by atoms with Gasteiger partial charge in [-0.3, -0.25) is 9.78 Å². The normalized spacial score (nSPS) is 26.2. The molecule has 0 bridgehead atoms. The van der Waals surface area contributed by atoms with Gasteiger partial charge >= 0.3 is 0 Å². The number of hydrogen-bond donors (Lipinski definition) is 2. The number of carbonyl (C=O) groups is 1. The number of pyridine rings is 1. The first-order chi connectivity index (χ1) is 9.70. The van der Waals surface area contributed by atoms with Crippen molar-refractivity contribution in [2.45, 2.75) is 50.4 Å². The zero-order valence-electron chi connectivity index (χ0n) is 11.8. The van der Waals surface area contributed by atoms with Gasteiger partial charge in [-0.15, -0.1) is 0 Å². The highest BCUT2D eigenvalue weighted by atomic mass is 16.5. The van der Waals surface area contributed by atoms with Gasteiger partial charge in [-0.25, -0.2) is 0 Å². The summed E-state index contributed by atoms with van der Waals surface area (Å²) < 4.78 is 5.23. The van der Waals surface area contributed by atoms with E-state index in [9.17, 15) is 9.90 Å². The van der Waals surface area contributed by atoms with Crippen LogP contribution in [0.1, 0.15) is 31.2 Å². The summed E-state index contributed by atoms with van der Waals surface area (Å²) >= 11 is 0. The first kappa shape index (κ1) is 14.9. The topological polar surface area (TPSA) is 71.5 Å². The van der Waals surface area contributed by atoms with Gasteiger partial charge in [0.1, 0.15) is 6.10 Å². The monoisotopic (exact) mass is 278 g/mol. The SMILES string of the molecule is CO[C@@H]1CCC[C@@H](NC(=O)CCc2cccnc2)[C@H]1O. The number of ether oxygens (including phenoxy) is 1. The summed E-state index contributed by atoms with van der Waals surface area (Å²) in [5, 5.41) is 13.0. The van der Waals surface area contributed by atoms with Crippen LogP contribution >= 0.6 is 0 Å². The van der Waals surface area contributed by atoms with Crippen molar-refractivity contribution in [3.8, 4) is 0 Å². The molecule has 110 valence electrons. The van der Waals surface area contributed by atoms with E-state index in [2.05, 4.69) is 10.3 Å². The highest BCUT2D eigenvalue weighted by Gasteiger charge is 2.32. The summed E-state index contributed by atoms with van der Waals surface area (Å²) in [7, 11) is 1.60. The number of methoxy groups -OCH3 is 1. The number of aryl methyl sites for hydroxylation is 1. The third-order valence-electron chi connectivity index (χ3n) is 3.81. The molecule has 0 aliphatic heterocycles. The molecule has 2 rings (SSSR count). The van der Waals surface area contributed by atoms with Gasteiger partial charge in [-0.2, -0.15) is 0 Å². The van der Waals surface area contributed by atoms with Gasteiger partial charge in [0.2, 0.25) is 5.91 Å². The lowest BCUT2D eigenvalue weighted by Gasteiger charge is -2.34. The molecule has 20 heavy (non-hydrogen) atoms. The Labute approximate surface area is 119 Å². The maximum absolute atomic E-state index is 11.9. The molecule has 1 amide bonds. The first-order valence-corrected chi connectivity index (χ1v) is 7.10. The molecule has 0 radical (unpaired) electrons. The Balaban J connectivity index is 1.79. The molecule has 5 nitrogen and oxygen atoms in total. The lowest BCUT2D eigenvalue weighted by molar-refractivity contribution is -0.124. The summed E-state index contributed by atoms with van der Waals surface area (Å²) in [5.74, 6) is -0.0327. The van der Waals surface area contributed by atoms with E-state index in [0.717, 1.165) is 24.8 Å². The lowest BCUT2D eigenvalue weighted by Crippen LogP contribution is -2.51. The predicted octanol–water partition coefficient (Wildman–Crippen LogP) is 1.06. The maximum Gasteiger partial charge on any atom is 0.220 e. The van der Waals surface area contributed by atoms with Crippen molar-refractivity contribution < 1.29 is 14.6 Å². The number of hydrogen-bond acceptors (Lipinski definition) is 4. The molecule has 1 saturated carbocycles. The lowest BCUT2D eigenvalue weighted by atomic mass is 9.90. The Morgan fingerprint density at radius 3 is 3.10 bits per heavy atom. The third-order valence-corrected chi connectivity index (χ3v) is 3.81. The zero-order valence-corrected chi connectivity index (χ0v) is 11.8. The van der Waals surface area contributed by atoms with E-state index in [1.165, 1.54) is 0 Å². The zero-order chi connectivity index (χ0) is 14.4. The van der Waals surface area contributed by atoms with E-state index >= 15 is 0 Å². The molecule has 5 heteroatoms. The van der Waals surface area contributed by atoms with Crippen molar-refractivity contribution >= 4 is 5.91 Å². The second-order valence-corrected chi connectivity index (χ2v) is 5.23. The predicted molar refractivity (Wildman–Crippen MR) is 75.1 cm³/mol. The molecule has 1 aliphatic rings. The molecule has 2 N–H and O–H groups in total. The van der Waals surface area contributed by atoms with Gasteiger partial charge in [0.25, 0.3) is 0 Å². The van der Waals surface area contributed by atoms with Crippen LogP contribution < -0.4 is 5.32 Å². The van der Waals surface area contributed by atoms with E-state index in [4.69, 9.17) is 4.74 Å². The molecule has 0 aromatic carbocycles. The number of aromatic nitrogens is 1. The second-order valence-electron chi connectivity index (χ2n) is 5.23. The Kier molecular flexibility index (Phi) is 5.49. The molecule has 0 unspecified atom stereocenters. The molecule has 1 fully saturated rings.